The van der Waals surface area contributed by atoms with Gasteiger partial charge in [-0.15, -0.1) is 0 Å². The number of anilines is 1. The molecule has 3 nitrogen and oxygen atoms in total. The summed E-state index contributed by atoms with van der Waals surface area (Å²) in [6.45, 7) is 5.16. The van der Waals surface area contributed by atoms with Crippen LogP contribution in [-0.2, 0) is 13.2 Å². The highest BCUT2D eigenvalue weighted by Gasteiger charge is 2.12. The van der Waals surface area contributed by atoms with Crippen LogP contribution in [0.15, 0.2) is 54.6 Å². The van der Waals surface area contributed by atoms with Crippen LogP contribution in [0.25, 0.3) is 0 Å². The summed E-state index contributed by atoms with van der Waals surface area (Å²) in [4.78, 5) is 0. The Bertz CT molecular complexity index is 977. The Labute approximate surface area is 180 Å². The van der Waals surface area contributed by atoms with Gasteiger partial charge in [0.05, 0.1) is 6.61 Å². The van der Waals surface area contributed by atoms with E-state index in [4.69, 9.17) is 32.7 Å². The number of nitrogens with one attached hydrogen (secondary N) is 1. The van der Waals surface area contributed by atoms with Crippen LogP contribution in [0, 0.1) is 12.7 Å². The third kappa shape index (κ3) is 5.78. The molecule has 0 spiro atoms. The lowest BCUT2D eigenvalue weighted by atomic mass is 10.1. The normalized spacial score (nSPS) is 10.7. The highest BCUT2D eigenvalue weighted by Crippen LogP contribution is 2.35. The molecule has 1 N–H and O–H groups in total. The minimum atomic E-state index is -0.279. The van der Waals surface area contributed by atoms with Crippen LogP contribution >= 0.6 is 23.2 Å². The Morgan fingerprint density at radius 3 is 2.31 bits per heavy atom. The summed E-state index contributed by atoms with van der Waals surface area (Å²) in [6.07, 6.45) is 0. The predicted molar refractivity (Wildman–Crippen MR) is 117 cm³/mol. The molecule has 0 unspecified atom stereocenters. The molecule has 0 aromatic heterocycles. The lowest BCUT2D eigenvalue weighted by molar-refractivity contribution is 0.269. The van der Waals surface area contributed by atoms with Crippen molar-refractivity contribution in [3.8, 4) is 11.5 Å². The molecule has 6 heteroatoms. The van der Waals surface area contributed by atoms with E-state index < -0.39 is 0 Å². The monoisotopic (exact) mass is 433 g/mol. The summed E-state index contributed by atoms with van der Waals surface area (Å²) < 4.78 is 24.7. The van der Waals surface area contributed by atoms with Crippen molar-refractivity contribution >= 4 is 28.9 Å². The third-order valence-corrected chi connectivity index (χ3v) is 5.13. The molecule has 3 aromatic rings. The zero-order valence-electron chi connectivity index (χ0n) is 16.3. The molecule has 0 aliphatic heterocycles. The van der Waals surface area contributed by atoms with E-state index in [-0.39, 0.29) is 12.4 Å². The quantitative estimate of drug-likeness (QED) is 0.413. The first-order valence-electron chi connectivity index (χ1n) is 9.28. The van der Waals surface area contributed by atoms with Gasteiger partial charge in [0.2, 0.25) is 0 Å². The van der Waals surface area contributed by atoms with Gasteiger partial charge in [0.15, 0.2) is 11.5 Å². The maximum absolute atomic E-state index is 13.1. The van der Waals surface area contributed by atoms with E-state index in [0.29, 0.717) is 34.7 Å². The Morgan fingerprint density at radius 1 is 0.897 bits per heavy atom. The molecular formula is C23H22Cl2FNO2. The average molecular weight is 434 g/mol. The first kappa shape index (κ1) is 21.3. The van der Waals surface area contributed by atoms with Gasteiger partial charge in [-0.05, 0) is 60.9 Å². The number of hydrogen-bond donors (Lipinski definition) is 1. The molecule has 0 amide bonds. The van der Waals surface area contributed by atoms with Gasteiger partial charge in [0, 0.05) is 28.3 Å². The van der Waals surface area contributed by atoms with Crippen molar-refractivity contribution in [2.24, 2.45) is 0 Å². The molecule has 3 rings (SSSR count). The zero-order valence-corrected chi connectivity index (χ0v) is 17.8. The van der Waals surface area contributed by atoms with Crippen molar-refractivity contribution in [3.05, 3.63) is 87.2 Å². The molecular weight excluding hydrogens is 412 g/mol. The molecule has 0 fully saturated rings. The standard InChI is InChI=1S/C23H22Cl2FNO2/c1-3-28-22-10-17(13-27-19-9-4-15(2)20(24)11-19)21(25)12-23(22)29-14-16-5-7-18(26)8-6-16/h4-12,27H,3,13-14H2,1-2H3. The Kier molecular flexibility index (Phi) is 7.24. The topological polar surface area (TPSA) is 30.5 Å². The van der Waals surface area contributed by atoms with E-state index in [9.17, 15) is 4.39 Å². The van der Waals surface area contributed by atoms with E-state index in [1.165, 1.54) is 12.1 Å². The lowest BCUT2D eigenvalue weighted by Gasteiger charge is -2.16. The van der Waals surface area contributed by atoms with Gasteiger partial charge in [0.1, 0.15) is 12.4 Å². The summed E-state index contributed by atoms with van der Waals surface area (Å²) in [5.74, 6) is 0.875. The van der Waals surface area contributed by atoms with Crippen LogP contribution in [0.1, 0.15) is 23.6 Å². The number of rotatable bonds is 8. The third-order valence-electron chi connectivity index (χ3n) is 4.37. The number of ether oxygens (including phenoxy) is 2. The van der Waals surface area contributed by atoms with Crippen molar-refractivity contribution in [2.75, 3.05) is 11.9 Å². The average Bonchev–Trinajstić information content (AvgIpc) is 2.70. The lowest BCUT2D eigenvalue weighted by Crippen LogP contribution is -2.04. The molecule has 0 aliphatic carbocycles. The summed E-state index contributed by atoms with van der Waals surface area (Å²) in [6, 6.07) is 15.6. The first-order chi connectivity index (χ1) is 14.0. The highest BCUT2D eigenvalue weighted by atomic mass is 35.5. The zero-order chi connectivity index (χ0) is 20.8. The molecule has 0 heterocycles. The van der Waals surface area contributed by atoms with E-state index in [1.54, 1.807) is 18.2 Å². The molecule has 0 aliphatic rings. The minimum absolute atomic E-state index is 0.279. The molecule has 0 atom stereocenters. The van der Waals surface area contributed by atoms with Crippen LogP contribution in [0.3, 0.4) is 0 Å². The van der Waals surface area contributed by atoms with Gasteiger partial charge in [0.25, 0.3) is 0 Å². The Hall–Kier alpha value is -2.43. The fourth-order valence-corrected chi connectivity index (χ4v) is 3.14. The Morgan fingerprint density at radius 2 is 1.62 bits per heavy atom. The minimum Gasteiger partial charge on any atom is -0.490 e. The number of hydrogen-bond acceptors (Lipinski definition) is 3. The van der Waals surface area contributed by atoms with Crippen molar-refractivity contribution in [3.63, 3.8) is 0 Å². The molecule has 152 valence electrons. The van der Waals surface area contributed by atoms with Crippen LogP contribution in [0.4, 0.5) is 10.1 Å². The number of aryl methyl sites for hydroxylation is 1. The summed E-state index contributed by atoms with van der Waals surface area (Å²) in [5, 5.41) is 4.59. The van der Waals surface area contributed by atoms with E-state index in [2.05, 4.69) is 5.32 Å². The maximum Gasteiger partial charge on any atom is 0.163 e. The second-order valence-corrected chi connectivity index (χ2v) is 7.37. The van der Waals surface area contributed by atoms with Crippen LogP contribution in [0.2, 0.25) is 10.0 Å². The smallest absolute Gasteiger partial charge is 0.163 e. The predicted octanol–water partition coefficient (Wildman–Crippen LogP) is 7.03. The number of benzene rings is 3. The second-order valence-electron chi connectivity index (χ2n) is 6.56. The van der Waals surface area contributed by atoms with Crippen LogP contribution < -0.4 is 14.8 Å². The number of halogens is 3. The van der Waals surface area contributed by atoms with Gasteiger partial charge < -0.3 is 14.8 Å². The summed E-state index contributed by atoms with van der Waals surface area (Å²) >= 11 is 12.7. The second kappa shape index (κ2) is 9.86. The summed E-state index contributed by atoms with van der Waals surface area (Å²) in [7, 11) is 0. The fraction of sp³-hybridized carbons (Fsp3) is 0.217. The van der Waals surface area contributed by atoms with E-state index >= 15 is 0 Å². The molecule has 0 bridgehead atoms. The van der Waals surface area contributed by atoms with Gasteiger partial charge in [-0.3, -0.25) is 0 Å². The van der Waals surface area contributed by atoms with Gasteiger partial charge >= 0.3 is 0 Å². The van der Waals surface area contributed by atoms with E-state index in [0.717, 1.165) is 22.4 Å². The van der Waals surface area contributed by atoms with Crippen molar-refractivity contribution in [2.45, 2.75) is 27.0 Å². The molecule has 0 radical (unpaired) electrons. The van der Waals surface area contributed by atoms with Gasteiger partial charge in [-0.25, -0.2) is 4.39 Å². The Balaban J connectivity index is 1.74. The van der Waals surface area contributed by atoms with Crippen molar-refractivity contribution in [1.29, 1.82) is 0 Å². The van der Waals surface area contributed by atoms with Crippen LogP contribution in [-0.4, -0.2) is 6.61 Å². The van der Waals surface area contributed by atoms with Gasteiger partial charge in [-0.2, -0.15) is 0 Å². The molecule has 0 saturated carbocycles. The van der Waals surface area contributed by atoms with Crippen molar-refractivity contribution < 1.29 is 13.9 Å². The summed E-state index contributed by atoms with van der Waals surface area (Å²) in [5.41, 5.74) is 3.66. The highest BCUT2D eigenvalue weighted by molar-refractivity contribution is 6.32. The van der Waals surface area contributed by atoms with Crippen LogP contribution in [0.5, 0.6) is 11.5 Å². The molecule has 29 heavy (non-hydrogen) atoms. The fourth-order valence-electron chi connectivity index (χ4n) is 2.74. The van der Waals surface area contributed by atoms with E-state index in [1.807, 2.05) is 38.1 Å². The largest absolute Gasteiger partial charge is 0.490 e. The van der Waals surface area contributed by atoms with Crippen molar-refractivity contribution in [1.82, 2.24) is 0 Å². The maximum atomic E-state index is 13.1. The first-order valence-corrected chi connectivity index (χ1v) is 10.0. The molecule has 3 aromatic carbocycles. The van der Waals surface area contributed by atoms with Gasteiger partial charge in [-0.1, -0.05) is 41.4 Å². The molecule has 0 saturated heterocycles. The SMILES string of the molecule is CCOc1cc(CNc2ccc(C)c(Cl)c2)c(Cl)cc1OCc1ccc(F)cc1.